The minimum atomic E-state index is 0.361. The number of nitrogens with zero attached hydrogens (tertiary/aromatic N) is 3. The number of aryl methyl sites for hydroxylation is 1. The van der Waals surface area contributed by atoms with Crippen LogP contribution in [-0.4, -0.2) is 4.98 Å². The van der Waals surface area contributed by atoms with E-state index in [0.29, 0.717) is 11.1 Å². The topological polar surface area (TPSA) is 72.5 Å². The molecule has 3 rings (SSSR count). The van der Waals surface area contributed by atoms with Gasteiger partial charge in [-0.1, -0.05) is 17.4 Å². The van der Waals surface area contributed by atoms with Gasteiger partial charge in [0.1, 0.15) is 12.1 Å². The van der Waals surface area contributed by atoms with Gasteiger partial charge in [-0.25, -0.2) is 4.98 Å². The summed E-state index contributed by atoms with van der Waals surface area (Å²) in [6.07, 6.45) is 0. The van der Waals surface area contributed by atoms with Gasteiger partial charge in [-0.2, -0.15) is 10.5 Å². The van der Waals surface area contributed by atoms with Gasteiger partial charge in [-0.15, -0.1) is 0 Å². The summed E-state index contributed by atoms with van der Waals surface area (Å²) in [7, 11) is 0. The van der Waals surface area contributed by atoms with E-state index in [4.69, 9.17) is 10.5 Å². The van der Waals surface area contributed by atoms with Crippen molar-refractivity contribution in [3.8, 4) is 12.1 Å². The van der Waals surface area contributed by atoms with E-state index in [1.807, 2.05) is 31.2 Å². The van der Waals surface area contributed by atoms with Crippen LogP contribution in [0.25, 0.3) is 10.2 Å². The molecule has 1 N–H and O–H groups in total. The number of hydrogen-bond donors (Lipinski definition) is 1. The fourth-order valence-corrected chi connectivity index (χ4v) is 2.89. The molecule has 2 aromatic carbocycles. The van der Waals surface area contributed by atoms with Gasteiger partial charge in [-0.05, 0) is 42.8 Å². The highest BCUT2D eigenvalue weighted by molar-refractivity contribution is 7.22. The van der Waals surface area contributed by atoms with E-state index >= 15 is 0 Å². The van der Waals surface area contributed by atoms with Crippen LogP contribution in [0.15, 0.2) is 36.4 Å². The van der Waals surface area contributed by atoms with E-state index in [9.17, 15) is 0 Å². The fourth-order valence-electron chi connectivity index (χ4n) is 2.03. The van der Waals surface area contributed by atoms with Crippen molar-refractivity contribution in [3.05, 3.63) is 53.1 Å². The van der Waals surface area contributed by atoms with Gasteiger partial charge in [0.25, 0.3) is 0 Å². The van der Waals surface area contributed by atoms with Gasteiger partial charge in [0.2, 0.25) is 0 Å². The Morgan fingerprint density at radius 1 is 1.05 bits per heavy atom. The number of benzene rings is 2. The Balaban J connectivity index is 1.95. The van der Waals surface area contributed by atoms with Gasteiger partial charge >= 0.3 is 0 Å². The third-order valence-corrected chi connectivity index (χ3v) is 4.01. The fraction of sp³-hybridized carbons (Fsp3) is 0.0625. The van der Waals surface area contributed by atoms with Crippen molar-refractivity contribution in [2.24, 2.45) is 0 Å². The summed E-state index contributed by atoms with van der Waals surface area (Å²) in [5, 5.41) is 21.9. The molecule has 0 radical (unpaired) electrons. The second-order valence-corrected chi connectivity index (χ2v) is 5.63. The average molecular weight is 290 g/mol. The highest BCUT2D eigenvalue weighted by atomic mass is 32.1. The van der Waals surface area contributed by atoms with Gasteiger partial charge in [0.15, 0.2) is 5.13 Å². The van der Waals surface area contributed by atoms with E-state index in [0.717, 1.165) is 21.0 Å². The normalized spacial score (nSPS) is 10.0. The van der Waals surface area contributed by atoms with Crippen LogP contribution in [-0.2, 0) is 0 Å². The van der Waals surface area contributed by atoms with Gasteiger partial charge in [-0.3, -0.25) is 0 Å². The number of aromatic nitrogens is 1. The summed E-state index contributed by atoms with van der Waals surface area (Å²) < 4.78 is 1.11. The van der Waals surface area contributed by atoms with E-state index < -0.39 is 0 Å². The Labute approximate surface area is 125 Å². The van der Waals surface area contributed by atoms with E-state index in [1.54, 1.807) is 29.5 Å². The Bertz CT molecular complexity index is 912. The molecule has 0 aliphatic heterocycles. The number of rotatable bonds is 2. The highest BCUT2D eigenvalue weighted by Crippen LogP contribution is 2.29. The quantitative estimate of drug-likeness (QED) is 0.771. The standard InChI is InChI=1S/C16H10N4S/c1-10-2-5-15-14(6-10)20-16(21-15)19-13-4-3-11(8-17)12(7-13)9-18/h2-7H,1H3,(H,19,20). The molecule has 0 unspecified atom stereocenters. The maximum Gasteiger partial charge on any atom is 0.188 e. The van der Waals surface area contributed by atoms with Gasteiger partial charge in [0, 0.05) is 5.69 Å². The summed E-state index contributed by atoms with van der Waals surface area (Å²) in [6, 6.07) is 15.2. The molecule has 0 atom stereocenters. The molecule has 1 aromatic heterocycles. The summed E-state index contributed by atoms with van der Waals surface area (Å²) >= 11 is 1.55. The largest absolute Gasteiger partial charge is 0.331 e. The Kier molecular flexibility index (Phi) is 3.27. The van der Waals surface area contributed by atoms with Crippen molar-refractivity contribution in [1.82, 2.24) is 4.98 Å². The first-order chi connectivity index (χ1) is 10.2. The minimum absolute atomic E-state index is 0.361. The first-order valence-corrected chi connectivity index (χ1v) is 7.10. The molecule has 0 saturated carbocycles. The maximum atomic E-state index is 9.04. The monoisotopic (exact) mass is 290 g/mol. The van der Waals surface area contributed by atoms with Crippen molar-refractivity contribution in [2.45, 2.75) is 6.92 Å². The third-order valence-electron chi connectivity index (χ3n) is 3.05. The Morgan fingerprint density at radius 2 is 1.86 bits per heavy atom. The van der Waals surface area contributed by atoms with Crippen molar-refractivity contribution < 1.29 is 0 Å². The Hall–Kier alpha value is -2.89. The lowest BCUT2D eigenvalue weighted by Gasteiger charge is -2.03. The van der Waals surface area contributed by atoms with Crippen LogP contribution in [0.4, 0.5) is 10.8 Å². The number of fused-ring (bicyclic) bond motifs is 1. The van der Waals surface area contributed by atoms with Gasteiger partial charge < -0.3 is 5.32 Å². The summed E-state index contributed by atoms with van der Waals surface area (Å²) in [6.45, 7) is 2.03. The highest BCUT2D eigenvalue weighted by Gasteiger charge is 2.07. The van der Waals surface area contributed by atoms with E-state index in [-0.39, 0.29) is 0 Å². The molecule has 0 saturated heterocycles. The van der Waals surface area contributed by atoms with Crippen LogP contribution < -0.4 is 5.32 Å². The predicted molar refractivity (Wildman–Crippen MR) is 83.5 cm³/mol. The Morgan fingerprint density at radius 3 is 2.62 bits per heavy atom. The number of nitrogens with one attached hydrogen (secondary N) is 1. The lowest BCUT2D eigenvalue weighted by molar-refractivity contribution is 1.40. The average Bonchev–Trinajstić information content (AvgIpc) is 2.88. The summed E-state index contributed by atoms with van der Waals surface area (Å²) in [5.41, 5.74) is 3.62. The molecule has 0 amide bonds. The van der Waals surface area contributed by atoms with Crippen LogP contribution in [0.5, 0.6) is 0 Å². The zero-order chi connectivity index (χ0) is 14.8. The molecule has 3 aromatic rings. The van der Waals surface area contributed by atoms with Crippen molar-refractivity contribution in [2.75, 3.05) is 5.32 Å². The van der Waals surface area contributed by atoms with Gasteiger partial charge in [0.05, 0.1) is 21.3 Å². The van der Waals surface area contributed by atoms with Crippen molar-refractivity contribution >= 4 is 32.4 Å². The molecular formula is C16H10N4S. The van der Waals surface area contributed by atoms with Crippen LogP contribution >= 0.6 is 11.3 Å². The number of hydrogen-bond acceptors (Lipinski definition) is 5. The smallest absolute Gasteiger partial charge is 0.188 e. The second-order valence-electron chi connectivity index (χ2n) is 4.60. The van der Waals surface area contributed by atoms with Crippen LogP contribution in [0.3, 0.4) is 0 Å². The maximum absolute atomic E-state index is 9.04. The zero-order valence-electron chi connectivity index (χ0n) is 11.2. The molecule has 0 aliphatic carbocycles. The second kappa shape index (κ2) is 5.24. The first-order valence-electron chi connectivity index (χ1n) is 6.28. The molecule has 0 aliphatic rings. The van der Waals surface area contributed by atoms with E-state index in [1.165, 1.54) is 5.56 Å². The van der Waals surface area contributed by atoms with Crippen LogP contribution in [0.2, 0.25) is 0 Å². The van der Waals surface area contributed by atoms with Crippen LogP contribution in [0.1, 0.15) is 16.7 Å². The molecule has 5 heteroatoms. The molecule has 0 spiro atoms. The molecule has 21 heavy (non-hydrogen) atoms. The minimum Gasteiger partial charge on any atom is -0.331 e. The molecule has 100 valence electrons. The molecule has 1 heterocycles. The number of thiazole rings is 1. The summed E-state index contributed by atoms with van der Waals surface area (Å²) in [4.78, 5) is 4.53. The van der Waals surface area contributed by atoms with Crippen molar-refractivity contribution in [1.29, 1.82) is 10.5 Å². The lowest BCUT2D eigenvalue weighted by Crippen LogP contribution is -1.91. The van der Waals surface area contributed by atoms with Crippen molar-refractivity contribution in [3.63, 3.8) is 0 Å². The van der Waals surface area contributed by atoms with E-state index in [2.05, 4.69) is 16.4 Å². The molecule has 0 bridgehead atoms. The SMILES string of the molecule is Cc1ccc2sc(Nc3ccc(C#N)c(C#N)c3)nc2c1. The lowest BCUT2D eigenvalue weighted by atomic mass is 10.1. The van der Waals surface area contributed by atoms with Crippen LogP contribution in [0, 0.1) is 29.6 Å². The molecule has 4 nitrogen and oxygen atoms in total. The zero-order valence-corrected chi connectivity index (χ0v) is 12.0. The third kappa shape index (κ3) is 2.55. The first kappa shape index (κ1) is 13.1. The summed E-state index contributed by atoms with van der Waals surface area (Å²) in [5.74, 6) is 0. The predicted octanol–water partition coefficient (Wildman–Crippen LogP) is 4.09. The molecule has 0 fully saturated rings. The number of anilines is 2. The number of nitriles is 2. The molecular weight excluding hydrogens is 280 g/mol.